The van der Waals surface area contributed by atoms with Crippen LogP contribution in [0.25, 0.3) is 0 Å². The monoisotopic (exact) mass is 477 g/mol. The lowest BCUT2D eigenvalue weighted by molar-refractivity contribution is -0.140. The molecule has 0 saturated heterocycles. The zero-order chi connectivity index (χ0) is 24.4. The molecule has 0 bridgehead atoms. The molecule has 33 heavy (non-hydrogen) atoms. The first-order chi connectivity index (χ1) is 15.7. The second-order valence-corrected chi connectivity index (χ2v) is 9.70. The molecule has 0 heterocycles. The maximum absolute atomic E-state index is 14.4. The molecule has 0 aliphatic rings. The summed E-state index contributed by atoms with van der Waals surface area (Å²) < 4.78 is 40.1. The van der Waals surface area contributed by atoms with Crippen LogP contribution in [0.5, 0.6) is 0 Å². The fraction of sp³-hybridized carbons (Fsp3) is 0.417. The summed E-state index contributed by atoms with van der Waals surface area (Å²) in [4.78, 5) is 27.7. The lowest BCUT2D eigenvalue weighted by Gasteiger charge is -2.33. The first-order valence-electron chi connectivity index (χ1n) is 11.0. The number of para-hydroxylation sites is 1. The number of hydrogen-bond donors (Lipinski definition) is 1. The van der Waals surface area contributed by atoms with E-state index < -0.39 is 34.3 Å². The molecule has 1 atom stereocenters. The van der Waals surface area contributed by atoms with Gasteiger partial charge in [-0.25, -0.2) is 12.8 Å². The minimum atomic E-state index is -3.97. The van der Waals surface area contributed by atoms with Crippen LogP contribution in [-0.2, 0) is 26.2 Å². The van der Waals surface area contributed by atoms with E-state index in [9.17, 15) is 22.4 Å². The number of sulfonamides is 1. The smallest absolute Gasteiger partial charge is 0.244 e. The molecule has 180 valence electrons. The van der Waals surface area contributed by atoms with Crippen molar-refractivity contribution >= 4 is 27.5 Å². The van der Waals surface area contributed by atoms with E-state index in [1.54, 1.807) is 6.92 Å². The number of nitrogens with one attached hydrogen (secondary N) is 1. The number of carbonyl (C=O) groups is 2. The summed E-state index contributed by atoms with van der Waals surface area (Å²) in [6.07, 6.45) is 2.98. The van der Waals surface area contributed by atoms with E-state index >= 15 is 0 Å². The Labute approximate surface area is 195 Å². The SMILES string of the molecule is CCCCNC(=O)[C@@H](CC)N(Cc1ccccc1)C(=O)CN(c1ccccc1F)S(C)(=O)=O. The van der Waals surface area contributed by atoms with Gasteiger partial charge in [0.15, 0.2) is 0 Å². The van der Waals surface area contributed by atoms with Crippen molar-refractivity contribution in [1.82, 2.24) is 10.2 Å². The van der Waals surface area contributed by atoms with Gasteiger partial charge in [-0.2, -0.15) is 0 Å². The first kappa shape index (κ1) is 26.3. The second kappa shape index (κ2) is 12.3. The van der Waals surface area contributed by atoms with Crippen molar-refractivity contribution in [3.8, 4) is 0 Å². The van der Waals surface area contributed by atoms with E-state index in [0.29, 0.717) is 13.0 Å². The van der Waals surface area contributed by atoms with Crippen molar-refractivity contribution in [2.24, 2.45) is 0 Å². The maximum Gasteiger partial charge on any atom is 0.244 e. The molecular formula is C24H32FN3O4S. The van der Waals surface area contributed by atoms with Crippen LogP contribution in [0.2, 0.25) is 0 Å². The Hall–Kier alpha value is -2.94. The van der Waals surface area contributed by atoms with Crippen LogP contribution in [0.15, 0.2) is 54.6 Å². The first-order valence-corrected chi connectivity index (χ1v) is 12.9. The molecule has 2 aromatic rings. The van der Waals surface area contributed by atoms with Crippen molar-refractivity contribution in [3.63, 3.8) is 0 Å². The highest BCUT2D eigenvalue weighted by atomic mass is 32.2. The van der Waals surface area contributed by atoms with Crippen molar-refractivity contribution in [2.45, 2.75) is 45.7 Å². The summed E-state index contributed by atoms with van der Waals surface area (Å²) >= 11 is 0. The Morgan fingerprint density at radius 1 is 1.03 bits per heavy atom. The number of benzene rings is 2. The maximum atomic E-state index is 14.4. The van der Waals surface area contributed by atoms with E-state index in [-0.39, 0.29) is 18.1 Å². The fourth-order valence-electron chi connectivity index (χ4n) is 3.45. The van der Waals surface area contributed by atoms with Crippen LogP contribution in [0.4, 0.5) is 10.1 Å². The van der Waals surface area contributed by atoms with Gasteiger partial charge in [-0.1, -0.05) is 62.7 Å². The third kappa shape index (κ3) is 7.56. The van der Waals surface area contributed by atoms with Gasteiger partial charge in [-0.05, 0) is 30.5 Å². The predicted molar refractivity (Wildman–Crippen MR) is 128 cm³/mol. The van der Waals surface area contributed by atoms with Crippen LogP contribution in [-0.4, -0.2) is 50.5 Å². The summed E-state index contributed by atoms with van der Waals surface area (Å²) in [5.41, 5.74) is 0.580. The average molecular weight is 478 g/mol. The van der Waals surface area contributed by atoms with Gasteiger partial charge in [0.25, 0.3) is 0 Å². The number of carbonyl (C=O) groups excluding carboxylic acids is 2. The third-order valence-corrected chi connectivity index (χ3v) is 6.34. The summed E-state index contributed by atoms with van der Waals surface area (Å²) in [7, 11) is -3.97. The predicted octanol–water partition coefficient (Wildman–Crippen LogP) is 3.32. The Morgan fingerprint density at radius 2 is 1.67 bits per heavy atom. The minimum absolute atomic E-state index is 0.119. The molecule has 2 aromatic carbocycles. The Kier molecular flexibility index (Phi) is 9.84. The van der Waals surface area contributed by atoms with Gasteiger partial charge in [0.1, 0.15) is 18.4 Å². The van der Waals surface area contributed by atoms with Crippen molar-refractivity contribution in [2.75, 3.05) is 23.7 Å². The van der Waals surface area contributed by atoms with E-state index in [1.165, 1.54) is 23.1 Å². The summed E-state index contributed by atoms with van der Waals surface area (Å²) in [6, 6.07) is 13.7. The molecule has 0 spiro atoms. The summed E-state index contributed by atoms with van der Waals surface area (Å²) in [6.45, 7) is 3.79. The molecule has 2 rings (SSSR count). The van der Waals surface area contributed by atoms with Crippen LogP contribution >= 0.6 is 0 Å². The number of nitrogens with zero attached hydrogens (tertiary/aromatic N) is 2. The molecular weight excluding hydrogens is 445 g/mol. The number of unbranched alkanes of at least 4 members (excludes halogenated alkanes) is 1. The Morgan fingerprint density at radius 3 is 2.24 bits per heavy atom. The van der Waals surface area contributed by atoms with Crippen LogP contribution in [0.1, 0.15) is 38.7 Å². The molecule has 0 aliphatic carbocycles. The third-order valence-electron chi connectivity index (χ3n) is 5.21. The Bertz CT molecular complexity index is 1030. The van der Waals surface area contributed by atoms with E-state index in [2.05, 4.69) is 5.32 Å². The van der Waals surface area contributed by atoms with Crippen molar-refractivity contribution < 1.29 is 22.4 Å². The molecule has 0 aliphatic heterocycles. The number of anilines is 1. The van der Waals surface area contributed by atoms with Gasteiger partial charge in [-0.3, -0.25) is 13.9 Å². The van der Waals surface area contributed by atoms with E-state index in [4.69, 9.17) is 0 Å². The largest absolute Gasteiger partial charge is 0.354 e. The molecule has 0 saturated carbocycles. The highest BCUT2D eigenvalue weighted by Crippen LogP contribution is 2.22. The van der Waals surface area contributed by atoms with Crippen LogP contribution in [0, 0.1) is 5.82 Å². The molecule has 1 N–H and O–H groups in total. The molecule has 9 heteroatoms. The number of hydrogen-bond acceptors (Lipinski definition) is 4. The number of halogens is 1. The lowest BCUT2D eigenvalue weighted by Crippen LogP contribution is -2.52. The van der Waals surface area contributed by atoms with Gasteiger partial charge in [-0.15, -0.1) is 0 Å². The zero-order valence-electron chi connectivity index (χ0n) is 19.3. The quantitative estimate of drug-likeness (QED) is 0.475. The normalized spacial score (nSPS) is 12.1. The van der Waals surface area contributed by atoms with Gasteiger partial charge in [0, 0.05) is 13.1 Å². The number of amides is 2. The highest BCUT2D eigenvalue weighted by Gasteiger charge is 2.32. The molecule has 2 amide bonds. The second-order valence-electron chi connectivity index (χ2n) is 7.80. The van der Waals surface area contributed by atoms with Crippen molar-refractivity contribution in [3.05, 3.63) is 66.0 Å². The van der Waals surface area contributed by atoms with Crippen molar-refractivity contribution in [1.29, 1.82) is 0 Å². The fourth-order valence-corrected chi connectivity index (χ4v) is 4.30. The van der Waals surface area contributed by atoms with Gasteiger partial charge < -0.3 is 10.2 Å². The molecule has 0 unspecified atom stereocenters. The molecule has 0 fully saturated rings. The average Bonchev–Trinajstić information content (AvgIpc) is 2.78. The van der Waals surface area contributed by atoms with E-state index in [0.717, 1.165) is 35.0 Å². The number of rotatable bonds is 12. The minimum Gasteiger partial charge on any atom is -0.354 e. The summed E-state index contributed by atoms with van der Waals surface area (Å²) in [5, 5.41) is 2.86. The lowest BCUT2D eigenvalue weighted by atomic mass is 10.1. The van der Waals surface area contributed by atoms with E-state index in [1.807, 2.05) is 37.3 Å². The summed E-state index contributed by atoms with van der Waals surface area (Å²) in [5.74, 6) is -1.65. The van der Waals surface area contributed by atoms with Gasteiger partial charge in [0.05, 0.1) is 11.9 Å². The van der Waals surface area contributed by atoms with Crippen LogP contribution in [0.3, 0.4) is 0 Å². The zero-order valence-corrected chi connectivity index (χ0v) is 20.1. The molecule has 0 aromatic heterocycles. The van der Waals surface area contributed by atoms with Crippen LogP contribution < -0.4 is 9.62 Å². The topological polar surface area (TPSA) is 86.8 Å². The van der Waals surface area contributed by atoms with Gasteiger partial charge >= 0.3 is 0 Å². The molecule has 0 radical (unpaired) electrons. The standard InChI is InChI=1S/C24H32FN3O4S/c1-4-6-16-26-24(30)21(5-2)27(17-19-12-8-7-9-13-19)23(29)18-28(33(3,31)32)22-15-11-10-14-20(22)25/h7-15,21H,4-6,16-18H2,1-3H3,(H,26,30)/t21-/m1/s1. The molecule has 7 nitrogen and oxygen atoms in total. The van der Waals surface area contributed by atoms with Gasteiger partial charge in [0.2, 0.25) is 21.8 Å². The Balaban J connectivity index is 2.38. The highest BCUT2D eigenvalue weighted by molar-refractivity contribution is 7.92.